The molecule has 2 aliphatic heterocycles. The molecule has 0 bridgehead atoms. The molecule has 2 aliphatic rings. The first-order valence-electron chi connectivity index (χ1n) is 8.91. The van der Waals surface area contributed by atoms with Crippen molar-refractivity contribution in [2.45, 2.75) is 18.6 Å². The Morgan fingerprint density at radius 2 is 1.67 bits per heavy atom. The Bertz CT molecular complexity index is 928. The first kappa shape index (κ1) is 18.0. The Balaban J connectivity index is 1.63. The van der Waals surface area contributed by atoms with Crippen LogP contribution in [0.1, 0.15) is 5.56 Å². The number of fused-ring (bicyclic) bond motifs is 1. The van der Waals surface area contributed by atoms with Crippen LogP contribution in [0.15, 0.2) is 54.6 Å². The fourth-order valence-electron chi connectivity index (χ4n) is 4.02. The highest BCUT2D eigenvalue weighted by molar-refractivity contribution is 7.91. The minimum absolute atomic E-state index is 0.0113. The highest BCUT2D eigenvalue weighted by Gasteiger charge is 2.49. The molecule has 1 amide bonds. The molecule has 7 heteroatoms. The Labute approximate surface area is 159 Å². The lowest BCUT2D eigenvalue weighted by Gasteiger charge is -2.43. The van der Waals surface area contributed by atoms with E-state index in [1.54, 1.807) is 12.0 Å². The van der Waals surface area contributed by atoms with E-state index in [9.17, 15) is 13.2 Å². The molecule has 2 aromatic rings. The van der Waals surface area contributed by atoms with E-state index in [1.807, 2.05) is 59.5 Å². The van der Waals surface area contributed by atoms with Gasteiger partial charge in [0.2, 0.25) is 5.91 Å². The third kappa shape index (κ3) is 3.57. The lowest BCUT2D eigenvalue weighted by Crippen LogP contribution is -2.61. The molecule has 0 N–H and O–H groups in total. The lowest BCUT2D eigenvalue weighted by molar-refractivity contribution is -0.123. The van der Waals surface area contributed by atoms with Gasteiger partial charge in [-0.2, -0.15) is 0 Å². The summed E-state index contributed by atoms with van der Waals surface area (Å²) in [7, 11) is -1.57. The van der Waals surface area contributed by atoms with Gasteiger partial charge in [0.15, 0.2) is 9.84 Å². The van der Waals surface area contributed by atoms with Crippen LogP contribution in [0.5, 0.6) is 5.75 Å². The van der Waals surface area contributed by atoms with Gasteiger partial charge < -0.3 is 9.64 Å². The van der Waals surface area contributed by atoms with E-state index >= 15 is 0 Å². The molecule has 0 aliphatic carbocycles. The molecule has 142 valence electrons. The molecule has 0 unspecified atom stereocenters. The number of anilines is 1. The van der Waals surface area contributed by atoms with Gasteiger partial charge in [-0.3, -0.25) is 9.69 Å². The molecule has 2 heterocycles. The fraction of sp³-hybridized carbons (Fsp3) is 0.350. The Morgan fingerprint density at radius 3 is 2.33 bits per heavy atom. The van der Waals surface area contributed by atoms with Crippen molar-refractivity contribution >= 4 is 21.4 Å². The normalized spacial score (nSPS) is 24.6. The zero-order valence-corrected chi connectivity index (χ0v) is 15.9. The SMILES string of the molecule is COc1ccc(CN2CC(=O)N(c3ccccc3)[C@H]3CS(=O)(=O)C[C@@H]32)cc1. The van der Waals surface area contributed by atoms with E-state index < -0.39 is 9.84 Å². The second-order valence-electron chi connectivity index (χ2n) is 7.06. The average Bonchev–Trinajstić information content (AvgIpc) is 2.98. The van der Waals surface area contributed by atoms with Crippen molar-refractivity contribution < 1.29 is 17.9 Å². The van der Waals surface area contributed by atoms with Crippen LogP contribution < -0.4 is 9.64 Å². The van der Waals surface area contributed by atoms with E-state index in [1.165, 1.54) is 0 Å². The van der Waals surface area contributed by atoms with E-state index in [0.29, 0.717) is 6.54 Å². The van der Waals surface area contributed by atoms with Gasteiger partial charge in [0.05, 0.1) is 31.2 Å². The second-order valence-corrected chi connectivity index (χ2v) is 9.22. The van der Waals surface area contributed by atoms with E-state index in [-0.39, 0.29) is 36.0 Å². The molecule has 27 heavy (non-hydrogen) atoms. The van der Waals surface area contributed by atoms with Gasteiger partial charge in [0.25, 0.3) is 0 Å². The van der Waals surface area contributed by atoms with Gasteiger partial charge >= 0.3 is 0 Å². The molecule has 2 fully saturated rings. The summed E-state index contributed by atoms with van der Waals surface area (Å²) in [5.41, 5.74) is 1.79. The molecule has 0 radical (unpaired) electrons. The molecule has 0 spiro atoms. The van der Waals surface area contributed by atoms with Crippen molar-refractivity contribution in [2.75, 3.05) is 30.1 Å². The summed E-state index contributed by atoms with van der Waals surface area (Å²) >= 11 is 0. The molecule has 2 saturated heterocycles. The number of amides is 1. The minimum atomic E-state index is -3.18. The number of para-hydroxylation sites is 1. The van der Waals surface area contributed by atoms with Gasteiger partial charge in [-0.25, -0.2) is 8.42 Å². The largest absolute Gasteiger partial charge is 0.497 e. The number of rotatable bonds is 4. The van der Waals surface area contributed by atoms with Crippen LogP contribution in [0.4, 0.5) is 5.69 Å². The highest BCUT2D eigenvalue weighted by atomic mass is 32.2. The summed E-state index contributed by atoms with van der Waals surface area (Å²) in [5.74, 6) is 0.806. The van der Waals surface area contributed by atoms with Crippen molar-refractivity contribution in [3.8, 4) is 5.75 Å². The third-order valence-electron chi connectivity index (χ3n) is 5.28. The standard InChI is InChI=1S/C20H22N2O4S/c1-26-17-9-7-15(8-10-17)11-21-12-20(23)22(16-5-3-2-4-6-16)19-14-27(24,25)13-18(19)21/h2-10,18-19H,11-14H2,1H3/t18-,19-/m0/s1. The number of methoxy groups -OCH3 is 1. The molecule has 0 saturated carbocycles. The van der Waals surface area contributed by atoms with E-state index in [0.717, 1.165) is 17.0 Å². The molecule has 6 nitrogen and oxygen atoms in total. The van der Waals surface area contributed by atoms with Crippen molar-refractivity contribution in [3.05, 3.63) is 60.2 Å². The third-order valence-corrected chi connectivity index (χ3v) is 6.98. The fourth-order valence-corrected chi connectivity index (χ4v) is 6.00. The first-order valence-corrected chi connectivity index (χ1v) is 10.7. The topological polar surface area (TPSA) is 66.9 Å². The summed E-state index contributed by atoms with van der Waals surface area (Å²) in [6, 6.07) is 16.4. The number of sulfone groups is 1. The van der Waals surface area contributed by atoms with Gasteiger partial charge in [-0.1, -0.05) is 30.3 Å². The van der Waals surface area contributed by atoms with Gasteiger partial charge in [-0.05, 0) is 29.8 Å². The maximum Gasteiger partial charge on any atom is 0.241 e. The predicted molar refractivity (Wildman–Crippen MR) is 104 cm³/mol. The van der Waals surface area contributed by atoms with Gasteiger partial charge in [-0.15, -0.1) is 0 Å². The van der Waals surface area contributed by atoms with Crippen LogP contribution in [0.3, 0.4) is 0 Å². The number of carbonyl (C=O) groups excluding carboxylic acids is 1. The summed E-state index contributed by atoms with van der Waals surface area (Å²) in [4.78, 5) is 16.6. The zero-order valence-electron chi connectivity index (χ0n) is 15.1. The number of carbonyl (C=O) groups is 1. The van der Waals surface area contributed by atoms with Crippen molar-refractivity contribution in [1.82, 2.24) is 4.90 Å². The summed E-state index contributed by atoms with van der Waals surface area (Å²) in [5, 5.41) is 0. The minimum Gasteiger partial charge on any atom is -0.497 e. The van der Waals surface area contributed by atoms with E-state index in [2.05, 4.69) is 0 Å². The number of nitrogens with zero attached hydrogens (tertiary/aromatic N) is 2. The van der Waals surface area contributed by atoms with Crippen molar-refractivity contribution in [2.24, 2.45) is 0 Å². The Kier molecular flexibility index (Phi) is 4.65. The summed E-state index contributed by atoms with van der Waals surface area (Å²) in [6.45, 7) is 0.743. The zero-order chi connectivity index (χ0) is 19.0. The highest BCUT2D eigenvalue weighted by Crippen LogP contribution is 2.32. The smallest absolute Gasteiger partial charge is 0.241 e. The molecule has 4 rings (SSSR count). The quantitative estimate of drug-likeness (QED) is 0.800. The van der Waals surface area contributed by atoms with Crippen LogP contribution in [0.2, 0.25) is 0 Å². The molecule has 2 aromatic carbocycles. The van der Waals surface area contributed by atoms with Gasteiger partial charge in [0, 0.05) is 18.3 Å². The van der Waals surface area contributed by atoms with Crippen LogP contribution in [0, 0.1) is 0 Å². The molecular weight excluding hydrogens is 364 g/mol. The maximum absolute atomic E-state index is 12.9. The van der Waals surface area contributed by atoms with Crippen LogP contribution in [0.25, 0.3) is 0 Å². The number of hydrogen-bond acceptors (Lipinski definition) is 5. The van der Waals surface area contributed by atoms with Gasteiger partial charge in [0.1, 0.15) is 5.75 Å². The summed E-state index contributed by atoms with van der Waals surface area (Å²) < 4.78 is 29.9. The van der Waals surface area contributed by atoms with Crippen molar-refractivity contribution in [1.29, 1.82) is 0 Å². The number of hydrogen-bond donors (Lipinski definition) is 0. The summed E-state index contributed by atoms with van der Waals surface area (Å²) in [6.07, 6.45) is 0. The first-order chi connectivity index (χ1) is 13.0. The maximum atomic E-state index is 12.9. The Morgan fingerprint density at radius 1 is 1.00 bits per heavy atom. The second kappa shape index (κ2) is 6.98. The van der Waals surface area contributed by atoms with Crippen LogP contribution in [-0.4, -0.2) is 56.5 Å². The van der Waals surface area contributed by atoms with Crippen LogP contribution in [-0.2, 0) is 21.2 Å². The molecule has 0 aromatic heterocycles. The molecular formula is C20H22N2O4S. The average molecular weight is 386 g/mol. The number of benzene rings is 2. The van der Waals surface area contributed by atoms with E-state index in [4.69, 9.17) is 4.74 Å². The lowest BCUT2D eigenvalue weighted by atomic mass is 10.0. The number of ether oxygens (including phenoxy) is 1. The van der Waals surface area contributed by atoms with Crippen LogP contribution >= 0.6 is 0 Å². The van der Waals surface area contributed by atoms with Crippen molar-refractivity contribution in [3.63, 3.8) is 0 Å². The monoisotopic (exact) mass is 386 g/mol. The number of piperazine rings is 1. The predicted octanol–water partition coefficient (Wildman–Crippen LogP) is 1.71. The molecule has 2 atom stereocenters. The Hall–Kier alpha value is -2.38.